The zero-order valence-corrected chi connectivity index (χ0v) is 14.8. The van der Waals surface area contributed by atoms with Crippen LogP contribution in [0.25, 0.3) is 0 Å². The summed E-state index contributed by atoms with van der Waals surface area (Å²) in [5.41, 5.74) is 4.72. The Balaban J connectivity index is 2.08. The van der Waals surface area contributed by atoms with Crippen LogP contribution in [-0.2, 0) is 10.8 Å². The van der Waals surface area contributed by atoms with Crippen LogP contribution in [0.3, 0.4) is 0 Å². The van der Waals surface area contributed by atoms with E-state index in [-0.39, 0.29) is 16.2 Å². The molecule has 1 heterocycles. The van der Waals surface area contributed by atoms with Crippen LogP contribution in [0.5, 0.6) is 0 Å². The Labute approximate surface area is 137 Å². The molecule has 3 rings (SSSR count). The molecular weight excluding hydrogens is 296 g/mol. The molecule has 0 radical (unpaired) electrons. The third-order valence-electron chi connectivity index (χ3n) is 4.96. The highest BCUT2D eigenvalue weighted by atomic mass is 35.5. The zero-order valence-electron chi connectivity index (χ0n) is 13.2. The lowest BCUT2D eigenvalue weighted by molar-refractivity contribution is 0.331. The minimum Gasteiger partial charge on any atom is -0.147 e. The van der Waals surface area contributed by atoms with Gasteiger partial charge in [0.05, 0.1) is 5.38 Å². The molecule has 0 saturated heterocycles. The Hall–Kier alpha value is -0.790. The molecule has 1 unspecified atom stereocenters. The van der Waals surface area contributed by atoms with Crippen LogP contribution in [0.4, 0.5) is 0 Å². The third kappa shape index (κ3) is 2.66. The second kappa shape index (κ2) is 5.14. The molecule has 0 saturated carbocycles. The first-order valence-corrected chi connectivity index (χ1v) is 8.95. The quantitative estimate of drug-likeness (QED) is 0.560. The monoisotopic (exact) mass is 318 g/mol. The summed E-state index contributed by atoms with van der Waals surface area (Å²) in [6, 6.07) is 11.1. The topological polar surface area (TPSA) is 0 Å². The van der Waals surface area contributed by atoms with Crippen molar-refractivity contribution in [2.75, 3.05) is 0 Å². The molecule has 1 aliphatic rings. The maximum atomic E-state index is 6.69. The van der Waals surface area contributed by atoms with E-state index >= 15 is 0 Å². The summed E-state index contributed by atoms with van der Waals surface area (Å²) in [4.78, 5) is 1.23. The lowest BCUT2D eigenvalue weighted by Crippen LogP contribution is -2.33. The maximum Gasteiger partial charge on any atom is 0.0927 e. The molecule has 0 nitrogen and oxygen atoms in total. The first-order valence-electron chi connectivity index (χ1n) is 7.64. The summed E-state index contributed by atoms with van der Waals surface area (Å²) in [6.45, 7) is 9.44. The Morgan fingerprint density at radius 1 is 1.00 bits per heavy atom. The van der Waals surface area contributed by atoms with E-state index in [4.69, 9.17) is 11.6 Å². The van der Waals surface area contributed by atoms with Gasteiger partial charge < -0.3 is 0 Å². The highest BCUT2D eigenvalue weighted by Crippen LogP contribution is 2.47. The first-order chi connectivity index (χ1) is 9.81. The van der Waals surface area contributed by atoms with Crippen molar-refractivity contribution in [2.45, 2.75) is 56.7 Å². The minimum atomic E-state index is -0.0314. The molecular formula is C19H23ClS. The van der Waals surface area contributed by atoms with Crippen LogP contribution in [0, 0.1) is 0 Å². The van der Waals surface area contributed by atoms with Crippen LogP contribution in [0.1, 0.15) is 67.5 Å². The van der Waals surface area contributed by atoms with Gasteiger partial charge in [0.15, 0.2) is 0 Å². The summed E-state index contributed by atoms with van der Waals surface area (Å²) in [5.74, 6) is 0. The average molecular weight is 319 g/mol. The molecule has 112 valence electrons. The molecule has 0 spiro atoms. The lowest BCUT2D eigenvalue weighted by atomic mass is 9.63. The van der Waals surface area contributed by atoms with Gasteiger partial charge in [-0.05, 0) is 51.8 Å². The Kier molecular flexibility index (Phi) is 3.70. The first kappa shape index (κ1) is 15.1. The van der Waals surface area contributed by atoms with Crippen molar-refractivity contribution in [3.05, 3.63) is 57.3 Å². The number of thiophene rings is 1. The zero-order chi connectivity index (χ0) is 15.3. The Morgan fingerprint density at radius 2 is 1.67 bits per heavy atom. The molecule has 0 amide bonds. The normalized spacial score (nSPS) is 20.8. The number of hydrogen-bond donors (Lipinski definition) is 0. The van der Waals surface area contributed by atoms with Crippen molar-refractivity contribution in [3.63, 3.8) is 0 Å². The van der Waals surface area contributed by atoms with Gasteiger partial charge in [0.2, 0.25) is 0 Å². The number of benzene rings is 1. The number of hydrogen-bond acceptors (Lipinski definition) is 1. The molecule has 0 bridgehead atoms. The van der Waals surface area contributed by atoms with Gasteiger partial charge in [0.25, 0.3) is 0 Å². The van der Waals surface area contributed by atoms with E-state index in [1.165, 1.54) is 34.4 Å². The molecule has 1 aromatic carbocycles. The maximum absolute atomic E-state index is 6.69. The van der Waals surface area contributed by atoms with Crippen molar-refractivity contribution in [1.29, 1.82) is 0 Å². The van der Waals surface area contributed by atoms with Gasteiger partial charge in [-0.15, -0.1) is 22.9 Å². The number of fused-ring (bicyclic) bond motifs is 1. The molecule has 2 aromatic rings. The van der Waals surface area contributed by atoms with Crippen molar-refractivity contribution < 1.29 is 0 Å². The second-order valence-corrected chi connectivity index (χ2v) is 8.87. The number of rotatable bonds is 2. The van der Waals surface area contributed by atoms with Gasteiger partial charge >= 0.3 is 0 Å². The third-order valence-corrected chi connectivity index (χ3v) is 6.52. The summed E-state index contributed by atoms with van der Waals surface area (Å²) in [6.07, 6.45) is 2.49. The van der Waals surface area contributed by atoms with Crippen molar-refractivity contribution in [1.82, 2.24) is 0 Å². The van der Waals surface area contributed by atoms with Crippen LogP contribution < -0.4 is 0 Å². The predicted octanol–water partition coefficient (Wildman–Crippen LogP) is 6.43. The molecule has 1 aliphatic carbocycles. The summed E-state index contributed by atoms with van der Waals surface area (Å²) in [7, 11) is 0. The fourth-order valence-corrected chi connectivity index (χ4v) is 4.45. The van der Waals surface area contributed by atoms with Crippen molar-refractivity contribution in [3.8, 4) is 0 Å². The SMILES string of the molecule is CC1(C)CCC(C)(C)c2cc(C(Cl)c3cccs3)ccc21. The largest absolute Gasteiger partial charge is 0.147 e. The highest BCUT2D eigenvalue weighted by Gasteiger charge is 2.37. The Morgan fingerprint density at radius 3 is 2.29 bits per heavy atom. The van der Waals surface area contributed by atoms with E-state index in [2.05, 4.69) is 63.4 Å². The van der Waals surface area contributed by atoms with E-state index in [1.807, 2.05) is 0 Å². The number of halogens is 1. The minimum absolute atomic E-state index is 0.0314. The molecule has 1 atom stereocenters. The standard InChI is InChI=1S/C19H23ClS/c1-18(2)9-10-19(3,4)15-12-13(7-8-14(15)18)17(20)16-6-5-11-21-16/h5-8,11-12,17H,9-10H2,1-4H3. The van der Waals surface area contributed by atoms with E-state index in [0.29, 0.717) is 0 Å². The molecule has 1 aromatic heterocycles. The molecule has 0 fully saturated rings. The Bertz CT molecular complexity index is 638. The van der Waals surface area contributed by atoms with E-state index in [0.717, 1.165) is 0 Å². The van der Waals surface area contributed by atoms with Crippen LogP contribution in [0.2, 0.25) is 0 Å². The van der Waals surface area contributed by atoms with Crippen LogP contribution in [-0.4, -0.2) is 0 Å². The summed E-state index contributed by atoms with van der Waals surface area (Å²) < 4.78 is 0. The van der Waals surface area contributed by atoms with Gasteiger partial charge in [0, 0.05) is 4.88 Å². The summed E-state index contributed by atoms with van der Waals surface area (Å²) >= 11 is 8.42. The predicted molar refractivity (Wildman–Crippen MR) is 93.7 cm³/mol. The molecule has 0 N–H and O–H groups in total. The highest BCUT2D eigenvalue weighted by molar-refractivity contribution is 7.10. The second-order valence-electron chi connectivity index (χ2n) is 7.45. The fraction of sp³-hybridized carbons (Fsp3) is 0.474. The fourth-order valence-electron chi connectivity index (χ4n) is 3.36. The van der Waals surface area contributed by atoms with Crippen LogP contribution in [0.15, 0.2) is 35.7 Å². The van der Waals surface area contributed by atoms with Crippen LogP contribution >= 0.6 is 22.9 Å². The smallest absolute Gasteiger partial charge is 0.0927 e. The molecule has 0 aliphatic heterocycles. The van der Waals surface area contributed by atoms with Gasteiger partial charge in [0.1, 0.15) is 0 Å². The van der Waals surface area contributed by atoms with Gasteiger partial charge in [-0.2, -0.15) is 0 Å². The van der Waals surface area contributed by atoms with Crippen molar-refractivity contribution >= 4 is 22.9 Å². The van der Waals surface area contributed by atoms with Crippen molar-refractivity contribution in [2.24, 2.45) is 0 Å². The summed E-state index contributed by atoms with van der Waals surface area (Å²) in [5, 5.41) is 2.06. The van der Waals surface area contributed by atoms with E-state index < -0.39 is 0 Å². The van der Waals surface area contributed by atoms with Gasteiger partial charge in [-0.25, -0.2) is 0 Å². The average Bonchev–Trinajstić information content (AvgIpc) is 2.97. The van der Waals surface area contributed by atoms with E-state index in [1.54, 1.807) is 11.3 Å². The van der Waals surface area contributed by atoms with Gasteiger partial charge in [-0.3, -0.25) is 0 Å². The number of alkyl halides is 1. The lowest BCUT2D eigenvalue weighted by Gasteiger charge is -2.42. The molecule has 2 heteroatoms. The van der Waals surface area contributed by atoms with Gasteiger partial charge in [-0.1, -0.05) is 52.0 Å². The van der Waals surface area contributed by atoms with E-state index in [9.17, 15) is 0 Å². The molecule has 21 heavy (non-hydrogen) atoms.